The Labute approximate surface area is 194 Å². The smallest absolute Gasteiger partial charge is 0.293 e. The SMILES string of the molecule is COc1ccccc1-n1c(C)cc(/C=C2\SC(=O)N(Cc3ccccc3[N+](=O)[O-])C2=O)c1C. The largest absolute Gasteiger partial charge is 0.495 e. The van der Waals surface area contributed by atoms with E-state index in [1.807, 2.05) is 48.7 Å². The molecular weight excluding hydrogens is 442 g/mol. The Morgan fingerprint density at radius 2 is 1.79 bits per heavy atom. The first-order chi connectivity index (χ1) is 15.8. The van der Waals surface area contributed by atoms with Crippen molar-refractivity contribution in [2.24, 2.45) is 0 Å². The van der Waals surface area contributed by atoms with Gasteiger partial charge in [0, 0.05) is 23.0 Å². The first kappa shape index (κ1) is 22.3. The summed E-state index contributed by atoms with van der Waals surface area (Å²) in [4.78, 5) is 37.7. The van der Waals surface area contributed by atoms with Gasteiger partial charge in [0.05, 0.1) is 29.2 Å². The average molecular weight is 464 g/mol. The molecule has 0 bridgehead atoms. The quantitative estimate of drug-likeness (QED) is 0.282. The normalized spacial score (nSPS) is 14.9. The van der Waals surface area contributed by atoms with Gasteiger partial charge in [-0.25, -0.2) is 0 Å². The molecule has 1 saturated heterocycles. The molecule has 8 nitrogen and oxygen atoms in total. The Kier molecular flexibility index (Phi) is 6.06. The molecule has 1 fully saturated rings. The van der Waals surface area contributed by atoms with Crippen molar-refractivity contribution in [3.63, 3.8) is 0 Å². The topological polar surface area (TPSA) is 94.7 Å². The van der Waals surface area contributed by atoms with Crippen molar-refractivity contribution < 1.29 is 19.2 Å². The summed E-state index contributed by atoms with van der Waals surface area (Å²) in [5.41, 5.74) is 3.69. The zero-order chi connectivity index (χ0) is 23.7. The van der Waals surface area contributed by atoms with Gasteiger partial charge in [-0.2, -0.15) is 0 Å². The van der Waals surface area contributed by atoms with E-state index in [1.165, 1.54) is 6.07 Å². The maximum Gasteiger partial charge on any atom is 0.293 e. The highest BCUT2D eigenvalue weighted by atomic mass is 32.2. The third kappa shape index (κ3) is 4.14. The number of carbonyl (C=O) groups is 2. The number of amides is 2. The summed E-state index contributed by atoms with van der Waals surface area (Å²) in [5.74, 6) is 0.251. The van der Waals surface area contributed by atoms with Gasteiger partial charge in [-0.15, -0.1) is 0 Å². The molecule has 2 heterocycles. The minimum Gasteiger partial charge on any atom is -0.495 e. The molecule has 0 N–H and O–H groups in total. The lowest BCUT2D eigenvalue weighted by Crippen LogP contribution is -2.27. The van der Waals surface area contributed by atoms with Crippen LogP contribution in [-0.2, 0) is 11.3 Å². The monoisotopic (exact) mass is 463 g/mol. The number of ether oxygens (including phenoxy) is 1. The highest BCUT2D eigenvalue weighted by molar-refractivity contribution is 8.18. The minimum atomic E-state index is -0.517. The molecule has 1 aliphatic heterocycles. The van der Waals surface area contributed by atoms with Crippen molar-refractivity contribution in [2.45, 2.75) is 20.4 Å². The van der Waals surface area contributed by atoms with Gasteiger partial charge in [0.1, 0.15) is 5.75 Å². The number of para-hydroxylation sites is 3. The van der Waals surface area contributed by atoms with Crippen molar-refractivity contribution in [2.75, 3.05) is 7.11 Å². The molecule has 0 radical (unpaired) electrons. The van der Waals surface area contributed by atoms with Gasteiger partial charge in [0.25, 0.3) is 16.8 Å². The fourth-order valence-corrected chi connectivity index (χ4v) is 4.72. The van der Waals surface area contributed by atoms with Crippen LogP contribution in [0.15, 0.2) is 59.5 Å². The molecule has 0 unspecified atom stereocenters. The van der Waals surface area contributed by atoms with E-state index in [0.717, 1.165) is 45.1 Å². The Balaban J connectivity index is 1.66. The number of imide groups is 1. The second kappa shape index (κ2) is 8.95. The van der Waals surface area contributed by atoms with Crippen molar-refractivity contribution in [3.8, 4) is 11.4 Å². The van der Waals surface area contributed by atoms with Crippen LogP contribution in [0.25, 0.3) is 11.8 Å². The van der Waals surface area contributed by atoms with Gasteiger partial charge >= 0.3 is 0 Å². The van der Waals surface area contributed by atoms with Crippen LogP contribution in [0.2, 0.25) is 0 Å². The van der Waals surface area contributed by atoms with E-state index in [1.54, 1.807) is 31.4 Å². The standard InChI is InChI=1S/C24H21N3O5S/c1-15-12-18(16(2)26(15)20-10-6-7-11-21(20)32-3)13-22-23(28)25(24(29)33-22)14-17-8-4-5-9-19(17)27(30)31/h4-13H,14H2,1-3H3/b22-13-. The predicted molar refractivity (Wildman–Crippen MR) is 126 cm³/mol. The lowest BCUT2D eigenvalue weighted by Gasteiger charge is -2.13. The summed E-state index contributed by atoms with van der Waals surface area (Å²) in [6.07, 6.45) is 1.69. The van der Waals surface area contributed by atoms with Crippen LogP contribution in [0.4, 0.5) is 10.5 Å². The highest BCUT2D eigenvalue weighted by Gasteiger charge is 2.36. The Morgan fingerprint density at radius 3 is 2.52 bits per heavy atom. The maximum atomic E-state index is 13.0. The van der Waals surface area contributed by atoms with Gasteiger partial charge in [-0.3, -0.25) is 24.6 Å². The third-order valence-corrected chi connectivity index (χ3v) is 6.38. The second-order valence-electron chi connectivity index (χ2n) is 7.49. The predicted octanol–water partition coefficient (Wildman–Crippen LogP) is 5.25. The van der Waals surface area contributed by atoms with Crippen LogP contribution < -0.4 is 4.74 Å². The fraction of sp³-hybridized carbons (Fsp3) is 0.167. The Bertz CT molecular complexity index is 1310. The molecule has 3 aromatic rings. The summed E-state index contributed by atoms with van der Waals surface area (Å²) in [7, 11) is 1.61. The van der Waals surface area contributed by atoms with Crippen molar-refractivity contribution in [1.29, 1.82) is 0 Å². The number of methoxy groups -OCH3 is 1. The average Bonchev–Trinajstić information content (AvgIpc) is 3.23. The number of hydrogen-bond acceptors (Lipinski definition) is 6. The molecule has 2 amide bonds. The molecule has 0 saturated carbocycles. The molecule has 1 aromatic heterocycles. The van der Waals surface area contributed by atoms with Crippen molar-refractivity contribution in [3.05, 3.63) is 92.1 Å². The molecule has 1 aliphatic rings. The minimum absolute atomic E-state index is 0.124. The zero-order valence-electron chi connectivity index (χ0n) is 18.3. The summed E-state index contributed by atoms with van der Waals surface area (Å²) in [6.45, 7) is 3.74. The van der Waals surface area contributed by atoms with E-state index in [9.17, 15) is 19.7 Å². The number of nitrogens with zero attached hydrogens (tertiary/aromatic N) is 3. The number of benzene rings is 2. The van der Waals surface area contributed by atoms with Gasteiger partial charge in [0.2, 0.25) is 0 Å². The molecule has 0 aliphatic carbocycles. The molecule has 2 aromatic carbocycles. The van der Waals surface area contributed by atoms with Crippen LogP contribution in [0.1, 0.15) is 22.5 Å². The van der Waals surface area contributed by atoms with Gasteiger partial charge in [0.15, 0.2) is 0 Å². The number of hydrogen-bond donors (Lipinski definition) is 0. The van der Waals surface area contributed by atoms with Crippen LogP contribution in [0.5, 0.6) is 5.75 Å². The third-order valence-electron chi connectivity index (χ3n) is 5.47. The van der Waals surface area contributed by atoms with Gasteiger partial charge in [-0.1, -0.05) is 30.3 Å². The number of rotatable bonds is 6. The molecule has 0 atom stereocenters. The summed E-state index contributed by atoms with van der Waals surface area (Å²) in [6, 6.07) is 15.7. The van der Waals surface area contributed by atoms with E-state index >= 15 is 0 Å². The molecule has 33 heavy (non-hydrogen) atoms. The molecule has 4 rings (SSSR count). The van der Waals surface area contributed by atoms with E-state index in [4.69, 9.17) is 4.74 Å². The molecule has 0 spiro atoms. The molecule has 168 valence electrons. The van der Waals surface area contributed by atoms with Crippen molar-refractivity contribution >= 4 is 34.7 Å². The number of carbonyl (C=O) groups excluding carboxylic acids is 2. The maximum absolute atomic E-state index is 13.0. The van der Waals surface area contributed by atoms with E-state index in [-0.39, 0.29) is 17.1 Å². The van der Waals surface area contributed by atoms with Crippen LogP contribution in [-0.4, -0.2) is 32.6 Å². The lowest BCUT2D eigenvalue weighted by atomic mass is 10.1. The summed E-state index contributed by atoms with van der Waals surface area (Å²) >= 11 is 0.832. The first-order valence-corrected chi connectivity index (χ1v) is 10.9. The molecule has 9 heteroatoms. The number of nitro groups is 1. The Hall–Kier alpha value is -3.85. The summed E-state index contributed by atoms with van der Waals surface area (Å²) < 4.78 is 7.52. The number of aryl methyl sites for hydroxylation is 1. The van der Waals surface area contributed by atoms with Crippen LogP contribution >= 0.6 is 11.8 Å². The number of aromatic nitrogens is 1. The first-order valence-electron chi connectivity index (χ1n) is 10.1. The fourth-order valence-electron chi connectivity index (χ4n) is 3.89. The van der Waals surface area contributed by atoms with Crippen molar-refractivity contribution in [1.82, 2.24) is 9.47 Å². The van der Waals surface area contributed by atoms with E-state index < -0.39 is 16.1 Å². The van der Waals surface area contributed by atoms with Crippen LogP contribution in [0.3, 0.4) is 0 Å². The van der Waals surface area contributed by atoms with Crippen LogP contribution in [0, 0.1) is 24.0 Å². The summed E-state index contributed by atoms with van der Waals surface area (Å²) in [5, 5.41) is 10.8. The lowest BCUT2D eigenvalue weighted by molar-refractivity contribution is -0.385. The van der Waals surface area contributed by atoms with Gasteiger partial charge < -0.3 is 9.30 Å². The number of nitro benzene ring substituents is 1. The second-order valence-corrected chi connectivity index (χ2v) is 8.48. The van der Waals surface area contributed by atoms with E-state index in [0.29, 0.717) is 5.56 Å². The van der Waals surface area contributed by atoms with E-state index in [2.05, 4.69) is 0 Å². The zero-order valence-corrected chi connectivity index (χ0v) is 19.1. The molecular formula is C24H21N3O5S. The van der Waals surface area contributed by atoms with Gasteiger partial charge in [-0.05, 0) is 55.4 Å². The Morgan fingerprint density at radius 1 is 1.09 bits per heavy atom. The highest BCUT2D eigenvalue weighted by Crippen LogP contribution is 2.36. The number of thioether (sulfide) groups is 1.